The Balaban J connectivity index is 1.52. The van der Waals surface area contributed by atoms with Crippen LogP contribution in [-0.4, -0.2) is 51.3 Å². The first-order valence-electron chi connectivity index (χ1n) is 11.1. The van der Waals surface area contributed by atoms with Crippen molar-refractivity contribution >= 4 is 44.0 Å². The third-order valence-electron chi connectivity index (χ3n) is 6.17. The number of thiazole rings is 1. The summed E-state index contributed by atoms with van der Waals surface area (Å²) in [6, 6.07) is 14.5. The Morgan fingerprint density at radius 1 is 1.09 bits per heavy atom. The summed E-state index contributed by atoms with van der Waals surface area (Å²) in [7, 11) is 0. The van der Waals surface area contributed by atoms with Crippen molar-refractivity contribution in [2.45, 2.75) is 27.3 Å². The van der Waals surface area contributed by atoms with E-state index in [2.05, 4.69) is 34.4 Å². The van der Waals surface area contributed by atoms with E-state index in [1.807, 2.05) is 43.0 Å². The molecule has 1 aliphatic heterocycles. The van der Waals surface area contributed by atoms with E-state index < -0.39 is 0 Å². The number of rotatable bonds is 4. The highest BCUT2D eigenvalue weighted by atomic mass is 35.5. The topological polar surface area (TPSA) is 40.9 Å². The van der Waals surface area contributed by atoms with Crippen LogP contribution >= 0.6 is 22.9 Å². The molecule has 0 saturated carbocycles. The zero-order valence-electron chi connectivity index (χ0n) is 18.6. The molecule has 0 atom stereocenters. The number of carbonyl (C=O) groups excluding carboxylic acids is 1. The number of hydrogen-bond acceptors (Lipinski definition) is 4. The molecule has 32 heavy (non-hydrogen) atoms. The van der Waals surface area contributed by atoms with Gasteiger partial charge in [0.05, 0.1) is 21.6 Å². The molecule has 2 aromatic carbocycles. The van der Waals surface area contributed by atoms with Crippen LogP contribution in [0, 0.1) is 12.8 Å². The number of imidazole rings is 1. The lowest BCUT2D eigenvalue weighted by Crippen LogP contribution is -2.49. The van der Waals surface area contributed by atoms with Gasteiger partial charge in [0.25, 0.3) is 0 Å². The van der Waals surface area contributed by atoms with Crippen molar-refractivity contribution in [3.8, 4) is 11.3 Å². The van der Waals surface area contributed by atoms with Crippen molar-refractivity contribution < 1.29 is 4.79 Å². The molecule has 5 nitrogen and oxygen atoms in total. The smallest absolute Gasteiger partial charge is 0.225 e. The summed E-state index contributed by atoms with van der Waals surface area (Å²) in [5.74, 6) is 0.297. The second-order valence-electron chi connectivity index (χ2n) is 8.86. The number of amides is 1. The standard InChI is InChI=1S/C25H27ClN4OS/c1-16(2)24(31)29-12-10-28(11-13-29)15-21-23(18-5-7-19(26)8-6-18)27-25-30(21)20-9-4-17(3)14-22(20)32-25/h4-9,14,16H,10-13,15H2,1-3H3. The van der Waals surface area contributed by atoms with Crippen LogP contribution in [0.2, 0.25) is 5.02 Å². The molecule has 1 aliphatic rings. The van der Waals surface area contributed by atoms with Crippen LogP contribution in [0.25, 0.3) is 26.4 Å². The van der Waals surface area contributed by atoms with Gasteiger partial charge in [0.1, 0.15) is 0 Å². The van der Waals surface area contributed by atoms with Crippen LogP contribution in [0.4, 0.5) is 0 Å². The molecule has 1 fully saturated rings. The minimum atomic E-state index is 0.0492. The van der Waals surface area contributed by atoms with Gasteiger partial charge in [-0.15, -0.1) is 0 Å². The van der Waals surface area contributed by atoms with E-state index in [-0.39, 0.29) is 11.8 Å². The summed E-state index contributed by atoms with van der Waals surface area (Å²) in [4.78, 5) is 22.9. The van der Waals surface area contributed by atoms with E-state index >= 15 is 0 Å². The molecule has 7 heteroatoms. The second kappa shape index (κ2) is 8.50. The van der Waals surface area contributed by atoms with Crippen molar-refractivity contribution in [3.05, 3.63) is 58.7 Å². The maximum Gasteiger partial charge on any atom is 0.225 e. The van der Waals surface area contributed by atoms with Crippen LogP contribution in [0.1, 0.15) is 25.1 Å². The Labute approximate surface area is 197 Å². The summed E-state index contributed by atoms with van der Waals surface area (Å²) in [6.45, 7) is 10.2. The van der Waals surface area contributed by atoms with E-state index in [1.54, 1.807) is 11.3 Å². The van der Waals surface area contributed by atoms with Crippen LogP contribution < -0.4 is 0 Å². The lowest BCUT2D eigenvalue weighted by molar-refractivity contribution is -0.136. The van der Waals surface area contributed by atoms with E-state index in [9.17, 15) is 4.79 Å². The Morgan fingerprint density at radius 3 is 2.50 bits per heavy atom. The summed E-state index contributed by atoms with van der Waals surface area (Å²) in [5, 5.41) is 0.725. The van der Waals surface area contributed by atoms with Gasteiger partial charge >= 0.3 is 0 Å². The molecule has 0 N–H and O–H groups in total. The van der Waals surface area contributed by atoms with E-state index in [0.717, 1.165) is 54.0 Å². The minimum absolute atomic E-state index is 0.0492. The molecule has 166 valence electrons. The highest BCUT2D eigenvalue weighted by molar-refractivity contribution is 7.23. The molecular formula is C25H27ClN4OS. The molecule has 0 unspecified atom stereocenters. The molecule has 5 rings (SSSR count). The number of piperazine rings is 1. The van der Waals surface area contributed by atoms with Crippen molar-refractivity contribution in [3.63, 3.8) is 0 Å². The number of aromatic nitrogens is 2. The molecule has 3 heterocycles. The molecule has 1 amide bonds. The third kappa shape index (κ3) is 3.91. The van der Waals surface area contributed by atoms with Crippen LogP contribution in [0.5, 0.6) is 0 Å². The fourth-order valence-corrected chi connectivity index (χ4v) is 5.69. The lowest BCUT2D eigenvalue weighted by atomic mass is 10.1. The normalized spacial score (nSPS) is 15.3. The Bertz CT molecular complexity index is 1280. The highest BCUT2D eigenvalue weighted by Crippen LogP contribution is 2.34. The van der Waals surface area contributed by atoms with Gasteiger partial charge in [0.15, 0.2) is 4.96 Å². The van der Waals surface area contributed by atoms with E-state index in [1.165, 1.54) is 21.5 Å². The summed E-state index contributed by atoms with van der Waals surface area (Å²) in [6.07, 6.45) is 0. The number of nitrogens with zero attached hydrogens (tertiary/aromatic N) is 4. The van der Waals surface area contributed by atoms with Gasteiger partial charge in [-0.1, -0.05) is 55.0 Å². The van der Waals surface area contributed by atoms with Crippen molar-refractivity contribution in [1.29, 1.82) is 0 Å². The molecule has 4 aromatic rings. The van der Waals surface area contributed by atoms with Crippen LogP contribution in [0.15, 0.2) is 42.5 Å². The SMILES string of the molecule is Cc1ccc2c(c1)sc1nc(-c3ccc(Cl)cc3)c(CN3CCN(C(=O)C(C)C)CC3)n12. The van der Waals surface area contributed by atoms with Crippen molar-refractivity contribution in [2.75, 3.05) is 26.2 Å². The molecule has 0 aliphatic carbocycles. The predicted octanol–water partition coefficient (Wildman–Crippen LogP) is 5.48. The quantitative estimate of drug-likeness (QED) is 0.400. The lowest BCUT2D eigenvalue weighted by Gasteiger charge is -2.35. The Hall–Kier alpha value is -2.41. The molecule has 0 spiro atoms. The summed E-state index contributed by atoms with van der Waals surface area (Å²) >= 11 is 7.88. The zero-order chi connectivity index (χ0) is 22.4. The van der Waals surface area contributed by atoms with Crippen LogP contribution in [0.3, 0.4) is 0 Å². The Kier molecular flexibility index (Phi) is 5.70. The average Bonchev–Trinajstić information content (AvgIpc) is 3.30. The molecular weight excluding hydrogens is 440 g/mol. The first-order valence-corrected chi connectivity index (χ1v) is 12.3. The number of fused-ring (bicyclic) bond motifs is 3. The van der Waals surface area contributed by atoms with Gasteiger partial charge in [0.2, 0.25) is 5.91 Å². The second-order valence-corrected chi connectivity index (χ2v) is 10.3. The number of aryl methyl sites for hydroxylation is 1. The van der Waals surface area contributed by atoms with Gasteiger partial charge < -0.3 is 4.90 Å². The third-order valence-corrected chi connectivity index (χ3v) is 7.42. The molecule has 1 saturated heterocycles. The predicted molar refractivity (Wildman–Crippen MR) is 132 cm³/mol. The number of benzene rings is 2. The number of carbonyl (C=O) groups is 1. The largest absolute Gasteiger partial charge is 0.340 e. The molecule has 0 bridgehead atoms. The molecule has 2 aromatic heterocycles. The highest BCUT2D eigenvalue weighted by Gasteiger charge is 2.26. The first-order chi connectivity index (χ1) is 15.4. The van der Waals surface area contributed by atoms with Crippen LogP contribution in [-0.2, 0) is 11.3 Å². The van der Waals surface area contributed by atoms with Gasteiger partial charge in [-0.05, 0) is 36.8 Å². The maximum atomic E-state index is 12.4. The Morgan fingerprint density at radius 2 is 1.81 bits per heavy atom. The maximum absolute atomic E-state index is 12.4. The van der Waals surface area contributed by atoms with E-state index in [0.29, 0.717) is 0 Å². The number of halogens is 1. The minimum Gasteiger partial charge on any atom is -0.340 e. The van der Waals surface area contributed by atoms with Gasteiger partial charge in [0, 0.05) is 49.2 Å². The van der Waals surface area contributed by atoms with Crippen molar-refractivity contribution in [1.82, 2.24) is 19.2 Å². The van der Waals surface area contributed by atoms with Gasteiger partial charge in [-0.25, -0.2) is 4.98 Å². The fourth-order valence-electron chi connectivity index (χ4n) is 4.42. The summed E-state index contributed by atoms with van der Waals surface area (Å²) < 4.78 is 3.57. The monoisotopic (exact) mass is 466 g/mol. The van der Waals surface area contributed by atoms with E-state index in [4.69, 9.17) is 16.6 Å². The van der Waals surface area contributed by atoms with Gasteiger partial charge in [-0.2, -0.15) is 0 Å². The summed E-state index contributed by atoms with van der Waals surface area (Å²) in [5.41, 5.74) is 5.74. The first kappa shape index (κ1) is 21.4. The van der Waals surface area contributed by atoms with Gasteiger partial charge in [-0.3, -0.25) is 14.1 Å². The van der Waals surface area contributed by atoms with Crippen molar-refractivity contribution in [2.24, 2.45) is 5.92 Å². The fraction of sp³-hybridized carbons (Fsp3) is 0.360. The zero-order valence-corrected chi connectivity index (χ0v) is 20.2. The number of hydrogen-bond donors (Lipinski definition) is 0. The average molecular weight is 467 g/mol. The molecule has 0 radical (unpaired) electrons.